The number of piperidine rings is 1. The number of unbranched alkanes of at least 4 members (excludes halogenated alkanes) is 4. The van der Waals surface area contributed by atoms with E-state index in [0.29, 0.717) is 11.4 Å². The number of fused-ring (bicyclic) bond motifs is 1. The summed E-state index contributed by atoms with van der Waals surface area (Å²) >= 11 is 6.49. The van der Waals surface area contributed by atoms with Crippen molar-refractivity contribution in [2.24, 2.45) is 5.41 Å². The summed E-state index contributed by atoms with van der Waals surface area (Å²) in [7, 11) is 1.65. The highest BCUT2D eigenvalue weighted by Gasteiger charge is 2.40. The van der Waals surface area contributed by atoms with Crippen molar-refractivity contribution in [1.82, 2.24) is 9.88 Å². The van der Waals surface area contributed by atoms with E-state index in [1.807, 2.05) is 18.2 Å². The van der Waals surface area contributed by atoms with Gasteiger partial charge in [-0.2, -0.15) is 0 Å². The highest BCUT2D eigenvalue weighted by atomic mass is 35.5. The second kappa shape index (κ2) is 11.9. The molecule has 0 unspecified atom stereocenters. The molecule has 176 valence electrons. The van der Waals surface area contributed by atoms with Crippen LogP contribution in [-0.2, 0) is 11.2 Å². The van der Waals surface area contributed by atoms with Gasteiger partial charge in [-0.1, -0.05) is 44.2 Å². The number of carbonyl (C=O) groups is 1. The van der Waals surface area contributed by atoms with Crippen molar-refractivity contribution >= 4 is 28.5 Å². The summed E-state index contributed by atoms with van der Waals surface area (Å²) in [5, 5.41) is 11.7. The van der Waals surface area contributed by atoms with Crippen molar-refractivity contribution in [3.05, 3.63) is 35.0 Å². The molecule has 0 radical (unpaired) electrons. The molecule has 0 atom stereocenters. The van der Waals surface area contributed by atoms with E-state index in [-0.39, 0.29) is 0 Å². The number of hydrogen-bond donors (Lipinski definition) is 1. The van der Waals surface area contributed by atoms with E-state index >= 15 is 0 Å². The van der Waals surface area contributed by atoms with Gasteiger partial charge in [0, 0.05) is 11.6 Å². The maximum atomic E-state index is 12.2. The Labute approximate surface area is 197 Å². The Kier molecular flexibility index (Phi) is 9.18. The van der Waals surface area contributed by atoms with E-state index in [1.54, 1.807) is 13.3 Å². The molecule has 0 aliphatic carbocycles. The van der Waals surface area contributed by atoms with Gasteiger partial charge in [0.2, 0.25) is 0 Å². The molecule has 1 aromatic heterocycles. The largest absolute Gasteiger partial charge is 0.497 e. The maximum absolute atomic E-state index is 12.2. The molecule has 1 saturated heterocycles. The van der Waals surface area contributed by atoms with Gasteiger partial charge in [0.25, 0.3) is 0 Å². The molecular formula is C26H37ClN2O3. The fraction of sp³-hybridized carbons (Fsp3) is 0.615. The molecule has 1 aliphatic rings. The smallest absolute Gasteiger partial charge is 0.309 e. The van der Waals surface area contributed by atoms with Gasteiger partial charge in [-0.15, -0.1) is 0 Å². The van der Waals surface area contributed by atoms with Crippen molar-refractivity contribution in [2.45, 2.75) is 71.1 Å². The van der Waals surface area contributed by atoms with Crippen LogP contribution < -0.4 is 4.74 Å². The summed E-state index contributed by atoms with van der Waals surface area (Å²) in [5.41, 5.74) is 1.29. The summed E-state index contributed by atoms with van der Waals surface area (Å²) < 4.78 is 5.37. The van der Waals surface area contributed by atoms with Gasteiger partial charge in [-0.05, 0) is 81.9 Å². The standard InChI is InChI=1S/C26H37ClN2O3/c1-3-4-5-6-7-15-29-16-13-26(14-17-29,25(30)31)12-8-9-21-22-18-20(32-2)10-11-24(22)28-19-23(21)27/h10-11,18-19H,3-9,12-17H2,1-2H3,(H,30,31). The van der Waals surface area contributed by atoms with Crippen LogP contribution in [-0.4, -0.2) is 47.7 Å². The lowest BCUT2D eigenvalue weighted by atomic mass is 9.74. The predicted molar refractivity (Wildman–Crippen MR) is 131 cm³/mol. The van der Waals surface area contributed by atoms with Gasteiger partial charge >= 0.3 is 5.97 Å². The van der Waals surface area contributed by atoms with E-state index < -0.39 is 11.4 Å². The Morgan fingerprint density at radius 3 is 2.62 bits per heavy atom. The number of ether oxygens (including phenoxy) is 1. The Bertz CT molecular complexity index is 894. The van der Waals surface area contributed by atoms with Crippen LogP contribution in [0.15, 0.2) is 24.4 Å². The molecule has 0 saturated carbocycles. The SMILES string of the molecule is CCCCCCCN1CCC(CCCc2c(Cl)cnc3ccc(OC)cc23)(C(=O)O)CC1. The van der Waals surface area contributed by atoms with Crippen LogP contribution in [0.4, 0.5) is 0 Å². The summed E-state index contributed by atoms with van der Waals surface area (Å²) in [6.07, 6.45) is 11.7. The quantitative estimate of drug-likeness (QED) is 0.373. The van der Waals surface area contributed by atoms with Crippen molar-refractivity contribution < 1.29 is 14.6 Å². The predicted octanol–water partition coefficient (Wildman–Crippen LogP) is 6.36. The molecule has 0 bridgehead atoms. The number of aliphatic carboxylic acids is 1. The first-order chi connectivity index (χ1) is 15.5. The van der Waals surface area contributed by atoms with Crippen LogP contribution in [0.1, 0.15) is 70.3 Å². The van der Waals surface area contributed by atoms with Gasteiger partial charge in [-0.3, -0.25) is 9.78 Å². The Hall–Kier alpha value is -1.85. The molecule has 1 fully saturated rings. The number of rotatable bonds is 12. The molecular weight excluding hydrogens is 424 g/mol. The molecule has 0 amide bonds. The Balaban J connectivity index is 1.58. The monoisotopic (exact) mass is 460 g/mol. The minimum atomic E-state index is -0.646. The Morgan fingerprint density at radius 1 is 1.19 bits per heavy atom. The van der Waals surface area contributed by atoms with E-state index in [2.05, 4.69) is 16.8 Å². The second-order valence-corrected chi connectivity index (χ2v) is 9.57. The first-order valence-electron chi connectivity index (χ1n) is 12.1. The molecule has 1 aliphatic heterocycles. The maximum Gasteiger partial charge on any atom is 0.309 e. The number of carboxylic acids is 1. The van der Waals surface area contributed by atoms with Crippen LogP contribution in [0, 0.1) is 5.41 Å². The van der Waals surface area contributed by atoms with Gasteiger partial charge in [0.15, 0.2) is 0 Å². The fourth-order valence-electron chi connectivity index (χ4n) is 4.90. The van der Waals surface area contributed by atoms with Crippen molar-refractivity contribution in [3.8, 4) is 5.75 Å². The van der Waals surface area contributed by atoms with Crippen LogP contribution in [0.5, 0.6) is 5.75 Å². The van der Waals surface area contributed by atoms with Crippen LogP contribution in [0.3, 0.4) is 0 Å². The Morgan fingerprint density at radius 2 is 1.94 bits per heavy atom. The molecule has 1 N–H and O–H groups in total. The van der Waals surface area contributed by atoms with Gasteiger partial charge in [-0.25, -0.2) is 0 Å². The van der Waals surface area contributed by atoms with Crippen LogP contribution >= 0.6 is 11.6 Å². The van der Waals surface area contributed by atoms with Crippen LogP contribution in [0.25, 0.3) is 10.9 Å². The number of halogens is 1. The third kappa shape index (κ3) is 6.14. The molecule has 0 spiro atoms. The number of aromatic nitrogens is 1. The highest BCUT2D eigenvalue weighted by Crippen LogP contribution is 2.38. The average Bonchev–Trinajstić information content (AvgIpc) is 2.81. The van der Waals surface area contributed by atoms with E-state index in [9.17, 15) is 9.90 Å². The lowest BCUT2D eigenvalue weighted by Gasteiger charge is -2.39. The second-order valence-electron chi connectivity index (χ2n) is 9.16. The van der Waals surface area contributed by atoms with E-state index in [1.165, 1.54) is 32.1 Å². The lowest BCUT2D eigenvalue weighted by Crippen LogP contribution is -2.44. The summed E-state index contributed by atoms with van der Waals surface area (Å²) in [6.45, 7) is 5.10. The minimum Gasteiger partial charge on any atom is -0.497 e. The average molecular weight is 461 g/mol. The molecule has 2 aromatic rings. The number of benzene rings is 1. The van der Waals surface area contributed by atoms with Crippen molar-refractivity contribution in [2.75, 3.05) is 26.7 Å². The number of nitrogens with zero attached hydrogens (tertiary/aromatic N) is 2. The number of likely N-dealkylation sites (tertiary alicyclic amines) is 1. The van der Waals surface area contributed by atoms with Gasteiger partial charge in [0.05, 0.1) is 23.1 Å². The minimum absolute atomic E-state index is 0.619. The third-order valence-electron chi connectivity index (χ3n) is 7.06. The molecule has 3 rings (SSSR count). The van der Waals surface area contributed by atoms with Gasteiger partial charge < -0.3 is 14.7 Å². The number of aryl methyl sites for hydroxylation is 1. The molecule has 1 aromatic carbocycles. The highest BCUT2D eigenvalue weighted by molar-refractivity contribution is 6.32. The number of methoxy groups -OCH3 is 1. The van der Waals surface area contributed by atoms with Crippen LogP contribution in [0.2, 0.25) is 5.02 Å². The zero-order valence-electron chi connectivity index (χ0n) is 19.5. The van der Waals surface area contributed by atoms with Crippen molar-refractivity contribution in [1.29, 1.82) is 0 Å². The fourth-order valence-corrected chi connectivity index (χ4v) is 5.15. The number of hydrogen-bond acceptors (Lipinski definition) is 4. The molecule has 5 nitrogen and oxygen atoms in total. The zero-order valence-corrected chi connectivity index (χ0v) is 20.3. The summed E-state index contributed by atoms with van der Waals surface area (Å²) in [4.78, 5) is 19.1. The van der Waals surface area contributed by atoms with Crippen molar-refractivity contribution in [3.63, 3.8) is 0 Å². The normalized spacial score (nSPS) is 16.3. The molecule has 2 heterocycles. The topological polar surface area (TPSA) is 62.7 Å². The number of pyridine rings is 1. The lowest BCUT2D eigenvalue weighted by molar-refractivity contribution is -0.152. The summed E-state index contributed by atoms with van der Waals surface area (Å²) in [6, 6.07) is 5.80. The van der Waals surface area contributed by atoms with Gasteiger partial charge in [0.1, 0.15) is 5.75 Å². The third-order valence-corrected chi connectivity index (χ3v) is 7.39. The number of carboxylic acid groups (broad SMARTS) is 1. The zero-order chi connectivity index (χ0) is 23.0. The van der Waals surface area contributed by atoms with E-state index in [0.717, 1.165) is 67.5 Å². The first kappa shape index (κ1) is 24.8. The van der Waals surface area contributed by atoms with E-state index in [4.69, 9.17) is 16.3 Å². The first-order valence-corrected chi connectivity index (χ1v) is 12.4. The summed E-state index contributed by atoms with van der Waals surface area (Å²) in [5.74, 6) is 0.124. The molecule has 32 heavy (non-hydrogen) atoms. The molecule has 6 heteroatoms.